The van der Waals surface area contributed by atoms with Crippen LogP contribution in [0.4, 0.5) is 0 Å². The second-order valence-corrected chi connectivity index (χ2v) is 6.54. The highest BCUT2D eigenvalue weighted by Gasteiger charge is 2.17. The first-order valence-electron chi connectivity index (χ1n) is 7.52. The second-order valence-electron chi connectivity index (χ2n) is 6.54. The molecule has 4 nitrogen and oxygen atoms in total. The van der Waals surface area contributed by atoms with Crippen molar-refractivity contribution < 1.29 is 9.84 Å². The van der Waals surface area contributed by atoms with Crippen molar-refractivity contribution in [2.24, 2.45) is 0 Å². The Labute approximate surface area is 127 Å². The highest BCUT2D eigenvalue weighted by molar-refractivity contribution is 5.64. The van der Waals surface area contributed by atoms with Crippen LogP contribution in [0.15, 0.2) is 18.2 Å². The number of aromatic nitrogens is 1. The van der Waals surface area contributed by atoms with Crippen LogP contribution in [-0.2, 0) is 11.3 Å². The molecule has 0 aromatic carbocycles. The Balaban J connectivity index is 1.98. The average molecular weight is 290 g/mol. The number of ether oxygens (including phenoxy) is 1. The number of aliphatic hydroxyl groups is 1. The van der Waals surface area contributed by atoms with Crippen molar-refractivity contribution in [3.63, 3.8) is 0 Å². The molecule has 0 saturated carbocycles. The lowest BCUT2D eigenvalue weighted by atomic mass is 10.0. The fourth-order valence-electron chi connectivity index (χ4n) is 2.28. The minimum absolute atomic E-state index is 0.0517. The summed E-state index contributed by atoms with van der Waals surface area (Å²) in [4.78, 5) is 6.90. The zero-order chi connectivity index (χ0) is 15.5. The molecule has 0 bridgehead atoms. The van der Waals surface area contributed by atoms with E-state index in [1.165, 1.54) is 5.57 Å². The van der Waals surface area contributed by atoms with Gasteiger partial charge in [-0.3, -0.25) is 9.88 Å². The maximum atomic E-state index is 9.20. The number of aryl methyl sites for hydroxylation is 1. The standard InChI is InChI=1S/C17H26N2O2/c1-13-15(11-20)5-6-16(18-13)14-7-9-19(10-8-14)12-21-17(2,3)4/h5-7,20H,8-12H2,1-4H3. The Bertz CT molecular complexity index is 518. The van der Waals surface area contributed by atoms with Crippen LogP contribution in [0.1, 0.15) is 44.1 Å². The maximum Gasteiger partial charge on any atom is 0.1000 e. The molecule has 1 aromatic rings. The van der Waals surface area contributed by atoms with E-state index >= 15 is 0 Å². The molecule has 1 aliphatic rings. The molecule has 116 valence electrons. The van der Waals surface area contributed by atoms with Crippen LogP contribution >= 0.6 is 0 Å². The normalized spacial score (nSPS) is 16.9. The third-order valence-corrected chi connectivity index (χ3v) is 3.67. The van der Waals surface area contributed by atoms with Gasteiger partial charge in [0.1, 0.15) is 0 Å². The predicted molar refractivity (Wildman–Crippen MR) is 84.8 cm³/mol. The van der Waals surface area contributed by atoms with Gasteiger partial charge >= 0.3 is 0 Å². The van der Waals surface area contributed by atoms with E-state index in [1.54, 1.807) is 0 Å². The molecule has 1 aliphatic heterocycles. The zero-order valence-electron chi connectivity index (χ0n) is 13.5. The van der Waals surface area contributed by atoms with E-state index < -0.39 is 0 Å². The third kappa shape index (κ3) is 4.63. The molecule has 0 amide bonds. The summed E-state index contributed by atoms with van der Waals surface area (Å²) in [5.41, 5.74) is 4.03. The lowest BCUT2D eigenvalue weighted by molar-refractivity contribution is -0.0603. The van der Waals surface area contributed by atoms with Gasteiger partial charge < -0.3 is 9.84 Å². The van der Waals surface area contributed by atoms with E-state index in [-0.39, 0.29) is 12.2 Å². The number of hydrogen-bond acceptors (Lipinski definition) is 4. The van der Waals surface area contributed by atoms with Gasteiger partial charge in [0.05, 0.1) is 24.6 Å². The first-order chi connectivity index (χ1) is 9.89. The van der Waals surface area contributed by atoms with Crippen molar-refractivity contribution in [1.82, 2.24) is 9.88 Å². The van der Waals surface area contributed by atoms with E-state index in [9.17, 15) is 5.11 Å². The van der Waals surface area contributed by atoms with Crippen LogP contribution < -0.4 is 0 Å². The summed E-state index contributed by atoms with van der Waals surface area (Å²) in [6.45, 7) is 10.8. The molecule has 4 heteroatoms. The Morgan fingerprint density at radius 2 is 2.10 bits per heavy atom. The van der Waals surface area contributed by atoms with Crippen molar-refractivity contribution >= 4 is 5.57 Å². The molecule has 1 N–H and O–H groups in total. The number of hydrogen-bond donors (Lipinski definition) is 1. The number of rotatable bonds is 4. The minimum atomic E-state index is -0.0945. The van der Waals surface area contributed by atoms with Crippen molar-refractivity contribution in [2.45, 2.75) is 46.3 Å². The summed E-state index contributed by atoms with van der Waals surface area (Å²) in [7, 11) is 0. The molecule has 0 spiro atoms. The van der Waals surface area contributed by atoms with Gasteiger partial charge in [-0.05, 0) is 51.3 Å². The second kappa shape index (κ2) is 6.69. The van der Waals surface area contributed by atoms with Gasteiger partial charge in [0.25, 0.3) is 0 Å². The molecule has 1 aromatic heterocycles. The fourth-order valence-corrected chi connectivity index (χ4v) is 2.28. The Morgan fingerprint density at radius 3 is 2.62 bits per heavy atom. The molecule has 0 radical (unpaired) electrons. The summed E-state index contributed by atoms with van der Waals surface area (Å²) in [5.74, 6) is 0. The fraction of sp³-hybridized carbons (Fsp3) is 0.588. The summed E-state index contributed by atoms with van der Waals surface area (Å²) in [6, 6.07) is 3.97. The van der Waals surface area contributed by atoms with E-state index in [0.29, 0.717) is 6.73 Å². The number of pyridine rings is 1. The molecule has 21 heavy (non-hydrogen) atoms. The molecule has 0 unspecified atom stereocenters. The highest BCUT2D eigenvalue weighted by Crippen LogP contribution is 2.22. The molecule has 0 atom stereocenters. The SMILES string of the molecule is Cc1nc(C2=CCN(COC(C)(C)C)CC2)ccc1CO. The van der Waals surface area contributed by atoms with Gasteiger partial charge in [-0.25, -0.2) is 0 Å². The van der Waals surface area contributed by atoms with Gasteiger partial charge in [0, 0.05) is 18.8 Å². The van der Waals surface area contributed by atoms with Gasteiger partial charge in [-0.15, -0.1) is 0 Å². The Hall–Kier alpha value is -1.23. The Kier molecular flexibility index (Phi) is 5.14. The topological polar surface area (TPSA) is 45.6 Å². The number of nitrogens with zero attached hydrogens (tertiary/aromatic N) is 2. The molecule has 0 fully saturated rings. The molecule has 2 heterocycles. The van der Waals surface area contributed by atoms with Gasteiger partial charge in [-0.2, -0.15) is 0 Å². The van der Waals surface area contributed by atoms with Crippen molar-refractivity contribution in [1.29, 1.82) is 0 Å². The quantitative estimate of drug-likeness (QED) is 0.926. The van der Waals surface area contributed by atoms with Crippen molar-refractivity contribution in [2.75, 3.05) is 19.8 Å². The summed E-state index contributed by atoms with van der Waals surface area (Å²) >= 11 is 0. The van der Waals surface area contributed by atoms with Crippen LogP contribution in [0.5, 0.6) is 0 Å². The van der Waals surface area contributed by atoms with Crippen LogP contribution in [0, 0.1) is 6.92 Å². The molecule has 0 saturated heterocycles. The first kappa shape index (κ1) is 16.1. The lowest BCUT2D eigenvalue weighted by Crippen LogP contribution is -2.34. The van der Waals surface area contributed by atoms with Gasteiger partial charge in [0.2, 0.25) is 0 Å². The van der Waals surface area contributed by atoms with E-state index in [0.717, 1.165) is 36.5 Å². The summed E-state index contributed by atoms with van der Waals surface area (Å²) in [5, 5.41) is 9.20. The smallest absolute Gasteiger partial charge is 0.1000 e. The molecular formula is C17H26N2O2. The van der Waals surface area contributed by atoms with Crippen molar-refractivity contribution in [3.05, 3.63) is 35.2 Å². The zero-order valence-corrected chi connectivity index (χ0v) is 13.5. The highest BCUT2D eigenvalue weighted by atomic mass is 16.5. The predicted octanol–water partition coefficient (Wildman–Crippen LogP) is 2.74. The first-order valence-corrected chi connectivity index (χ1v) is 7.52. The van der Waals surface area contributed by atoms with Crippen LogP contribution in [0.25, 0.3) is 5.57 Å². The minimum Gasteiger partial charge on any atom is -0.392 e. The molecule has 2 rings (SSSR count). The molecular weight excluding hydrogens is 264 g/mol. The molecule has 0 aliphatic carbocycles. The monoisotopic (exact) mass is 290 g/mol. The Morgan fingerprint density at radius 1 is 1.33 bits per heavy atom. The van der Waals surface area contributed by atoms with Gasteiger partial charge in [-0.1, -0.05) is 12.1 Å². The van der Waals surface area contributed by atoms with E-state index in [1.807, 2.05) is 19.1 Å². The van der Waals surface area contributed by atoms with Crippen LogP contribution in [0.2, 0.25) is 0 Å². The summed E-state index contributed by atoms with van der Waals surface area (Å²) in [6.07, 6.45) is 3.22. The average Bonchev–Trinajstić information content (AvgIpc) is 2.45. The largest absolute Gasteiger partial charge is 0.392 e. The summed E-state index contributed by atoms with van der Waals surface area (Å²) < 4.78 is 5.81. The number of aliphatic hydroxyl groups excluding tert-OH is 1. The third-order valence-electron chi connectivity index (χ3n) is 3.67. The van der Waals surface area contributed by atoms with E-state index in [4.69, 9.17) is 4.74 Å². The van der Waals surface area contributed by atoms with Crippen LogP contribution in [0.3, 0.4) is 0 Å². The lowest BCUT2D eigenvalue weighted by Gasteiger charge is -2.29. The maximum absolute atomic E-state index is 9.20. The van der Waals surface area contributed by atoms with Crippen LogP contribution in [-0.4, -0.2) is 40.4 Å². The van der Waals surface area contributed by atoms with E-state index in [2.05, 4.69) is 36.7 Å². The van der Waals surface area contributed by atoms with Crippen molar-refractivity contribution in [3.8, 4) is 0 Å². The van der Waals surface area contributed by atoms with Gasteiger partial charge in [0.15, 0.2) is 0 Å².